The lowest BCUT2D eigenvalue weighted by atomic mass is 10.1. The molecule has 1 atom stereocenters. The van der Waals surface area contributed by atoms with Crippen molar-refractivity contribution in [2.75, 3.05) is 25.1 Å². The van der Waals surface area contributed by atoms with Gasteiger partial charge in [-0.05, 0) is 42.0 Å². The Hall–Kier alpha value is -2.89. The van der Waals surface area contributed by atoms with E-state index in [0.717, 1.165) is 17.0 Å². The molecule has 0 saturated carbocycles. The maximum atomic E-state index is 12.9. The number of benzene rings is 2. The van der Waals surface area contributed by atoms with E-state index in [1.54, 1.807) is 24.1 Å². The van der Waals surface area contributed by atoms with Crippen molar-refractivity contribution in [3.05, 3.63) is 59.9 Å². The van der Waals surface area contributed by atoms with Crippen molar-refractivity contribution in [2.24, 2.45) is 5.92 Å². The lowest BCUT2D eigenvalue weighted by Gasteiger charge is -2.17. The Morgan fingerprint density at radius 2 is 1.88 bits per heavy atom. The van der Waals surface area contributed by atoms with E-state index < -0.39 is 0 Å². The van der Waals surface area contributed by atoms with Gasteiger partial charge in [0.25, 0.3) is 0 Å². The number of rotatable bonds is 6. The molecule has 6 heteroatoms. The number of anilines is 1. The Labute approximate surface area is 151 Å². The van der Waals surface area contributed by atoms with E-state index in [9.17, 15) is 14.0 Å². The zero-order valence-corrected chi connectivity index (χ0v) is 14.6. The van der Waals surface area contributed by atoms with Gasteiger partial charge in [-0.2, -0.15) is 0 Å². The van der Waals surface area contributed by atoms with Crippen molar-refractivity contribution >= 4 is 17.5 Å². The molecule has 1 heterocycles. The van der Waals surface area contributed by atoms with Crippen LogP contribution in [0.2, 0.25) is 0 Å². The molecule has 2 amide bonds. The minimum absolute atomic E-state index is 0.0490. The second kappa shape index (κ2) is 7.99. The summed E-state index contributed by atoms with van der Waals surface area (Å²) in [6.07, 6.45) is 0.603. The molecule has 1 saturated heterocycles. The first-order chi connectivity index (χ1) is 12.5. The zero-order valence-electron chi connectivity index (χ0n) is 14.6. The number of hydrogen-bond donors (Lipinski definition) is 1. The Morgan fingerprint density at radius 1 is 1.19 bits per heavy atom. The van der Waals surface area contributed by atoms with E-state index in [-0.39, 0.29) is 30.0 Å². The van der Waals surface area contributed by atoms with Crippen LogP contribution in [0.1, 0.15) is 12.0 Å². The number of carbonyl (C=O) groups is 2. The molecule has 0 aromatic heterocycles. The molecule has 3 rings (SSSR count). The predicted molar refractivity (Wildman–Crippen MR) is 96.6 cm³/mol. The zero-order chi connectivity index (χ0) is 18.5. The molecule has 1 N–H and O–H groups in total. The molecule has 26 heavy (non-hydrogen) atoms. The normalized spacial score (nSPS) is 16.6. The van der Waals surface area contributed by atoms with Crippen LogP contribution in [0, 0.1) is 11.7 Å². The van der Waals surface area contributed by atoms with Crippen molar-refractivity contribution < 1.29 is 18.7 Å². The van der Waals surface area contributed by atoms with E-state index >= 15 is 0 Å². The quantitative estimate of drug-likeness (QED) is 0.865. The smallest absolute Gasteiger partial charge is 0.227 e. The van der Waals surface area contributed by atoms with Crippen LogP contribution >= 0.6 is 0 Å². The minimum Gasteiger partial charge on any atom is -0.497 e. The van der Waals surface area contributed by atoms with E-state index in [1.807, 2.05) is 24.3 Å². The van der Waals surface area contributed by atoms with Gasteiger partial charge >= 0.3 is 0 Å². The molecule has 2 aromatic rings. The van der Waals surface area contributed by atoms with Gasteiger partial charge in [-0.1, -0.05) is 12.1 Å². The summed E-state index contributed by atoms with van der Waals surface area (Å²) in [6.45, 7) is 1.01. The highest BCUT2D eigenvalue weighted by Crippen LogP contribution is 2.26. The maximum Gasteiger partial charge on any atom is 0.227 e. The lowest BCUT2D eigenvalue weighted by Crippen LogP contribution is -2.32. The molecular weight excluding hydrogens is 335 g/mol. The van der Waals surface area contributed by atoms with Crippen LogP contribution in [0.25, 0.3) is 0 Å². The fourth-order valence-electron chi connectivity index (χ4n) is 3.04. The van der Waals surface area contributed by atoms with Gasteiger partial charge in [-0.3, -0.25) is 9.59 Å². The average Bonchev–Trinajstić information content (AvgIpc) is 3.03. The van der Waals surface area contributed by atoms with Gasteiger partial charge in [0.05, 0.1) is 13.5 Å². The van der Waals surface area contributed by atoms with Gasteiger partial charge in [0.2, 0.25) is 11.8 Å². The SMILES string of the molecule is COc1ccc(N2C[C@@H](CNC(=O)Cc3ccc(F)cc3)CC2=O)cc1. The van der Waals surface area contributed by atoms with Crippen LogP contribution in [-0.4, -0.2) is 32.0 Å². The molecule has 0 radical (unpaired) electrons. The second-order valence-corrected chi connectivity index (χ2v) is 6.38. The average molecular weight is 356 g/mol. The number of nitrogens with zero attached hydrogens (tertiary/aromatic N) is 1. The number of methoxy groups -OCH3 is 1. The van der Waals surface area contributed by atoms with Gasteiger partial charge in [-0.25, -0.2) is 4.39 Å². The second-order valence-electron chi connectivity index (χ2n) is 6.38. The third-order valence-electron chi connectivity index (χ3n) is 4.46. The molecule has 0 spiro atoms. The molecule has 1 aliphatic rings. The summed E-state index contributed by atoms with van der Waals surface area (Å²) in [7, 11) is 1.60. The molecule has 1 fully saturated rings. The summed E-state index contributed by atoms with van der Waals surface area (Å²) in [5.41, 5.74) is 1.59. The number of halogens is 1. The molecule has 136 valence electrons. The molecule has 5 nitrogen and oxygen atoms in total. The van der Waals surface area contributed by atoms with Crippen LogP contribution in [0.15, 0.2) is 48.5 Å². The predicted octanol–water partition coefficient (Wildman–Crippen LogP) is 2.55. The molecule has 0 aliphatic carbocycles. The van der Waals surface area contributed by atoms with Gasteiger partial charge in [0.15, 0.2) is 0 Å². The summed E-state index contributed by atoms with van der Waals surface area (Å²) >= 11 is 0. The van der Waals surface area contributed by atoms with Crippen molar-refractivity contribution in [1.29, 1.82) is 0 Å². The number of carbonyl (C=O) groups excluding carboxylic acids is 2. The van der Waals surface area contributed by atoms with E-state index in [4.69, 9.17) is 4.74 Å². The number of nitrogens with one attached hydrogen (secondary N) is 1. The summed E-state index contributed by atoms with van der Waals surface area (Å²) in [6, 6.07) is 13.2. The van der Waals surface area contributed by atoms with Crippen LogP contribution < -0.4 is 15.0 Å². The van der Waals surface area contributed by atoms with Crippen molar-refractivity contribution in [3.8, 4) is 5.75 Å². The first-order valence-electron chi connectivity index (χ1n) is 8.50. The van der Waals surface area contributed by atoms with Crippen molar-refractivity contribution in [3.63, 3.8) is 0 Å². The third-order valence-corrected chi connectivity index (χ3v) is 4.46. The molecule has 0 bridgehead atoms. The lowest BCUT2D eigenvalue weighted by molar-refractivity contribution is -0.121. The summed E-state index contributed by atoms with van der Waals surface area (Å²) < 4.78 is 18.0. The largest absolute Gasteiger partial charge is 0.497 e. The Kier molecular flexibility index (Phi) is 5.51. The van der Waals surface area contributed by atoms with E-state index in [1.165, 1.54) is 12.1 Å². The highest BCUT2D eigenvalue weighted by molar-refractivity contribution is 5.95. The van der Waals surface area contributed by atoms with E-state index in [0.29, 0.717) is 19.5 Å². The highest BCUT2D eigenvalue weighted by atomic mass is 19.1. The monoisotopic (exact) mass is 356 g/mol. The summed E-state index contributed by atoms with van der Waals surface area (Å²) in [5.74, 6) is 0.406. The first kappa shape index (κ1) is 17.9. The molecule has 0 unspecified atom stereocenters. The summed E-state index contributed by atoms with van der Waals surface area (Å²) in [5, 5.41) is 2.87. The van der Waals surface area contributed by atoms with Gasteiger partial charge in [0, 0.05) is 31.1 Å². The fourth-order valence-corrected chi connectivity index (χ4v) is 3.04. The maximum absolute atomic E-state index is 12.9. The van der Waals surface area contributed by atoms with Crippen LogP contribution in [0.3, 0.4) is 0 Å². The first-order valence-corrected chi connectivity index (χ1v) is 8.50. The van der Waals surface area contributed by atoms with Crippen LogP contribution in [0.4, 0.5) is 10.1 Å². The molecule has 2 aromatic carbocycles. The summed E-state index contributed by atoms with van der Waals surface area (Å²) in [4.78, 5) is 26.0. The Bertz CT molecular complexity index is 775. The number of ether oxygens (including phenoxy) is 1. The minimum atomic E-state index is -0.322. The van der Waals surface area contributed by atoms with Crippen molar-refractivity contribution in [2.45, 2.75) is 12.8 Å². The van der Waals surface area contributed by atoms with Gasteiger partial charge in [0.1, 0.15) is 11.6 Å². The van der Waals surface area contributed by atoms with Crippen LogP contribution in [0.5, 0.6) is 5.75 Å². The number of hydrogen-bond acceptors (Lipinski definition) is 3. The highest BCUT2D eigenvalue weighted by Gasteiger charge is 2.30. The van der Waals surface area contributed by atoms with E-state index in [2.05, 4.69) is 5.32 Å². The fraction of sp³-hybridized carbons (Fsp3) is 0.300. The van der Waals surface area contributed by atoms with Gasteiger partial charge in [-0.15, -0.1) is 0 Å². The Balaban J connectivity index is 1.50. The Morgan fingerprint density at radius 3 is 2.54 bits per heavy atom. The standard InChI is InChI=1S/C20H21FN2O3/c1-26-18-8-6-17(7-9-18)23-13-15(11-20(23)25)12-22-19(24)10-14-2-4-16(21)5-3-14/h2-9,15H,10-13H2,1H3,(H,22,24)/t15-/m1/s1. The van der Waals surface area contributed by atoms with Crippen molar-refractivity contribution in [1.82, 2.24) is 5.32 Å². The van der Waals surface area contributed by atoms with Gasteiger partial charge < -0.3 is 15.0 Å². The molecule has 1 aliphatic heterocycles. The van der Waals surface area contributed by atoms with Crippen LogP contribution in [-0.2, 0) is 16.0 Å². The number of amides is 2. The third kappa shape index (κ3) is 4.39. The molecular formula is C20H21FN2O3. The topological polar surface area (TPSA) is 58.6 Å².